The van der Waals surface area contributed by atoms with Crippen LogP contribution in [-0.2, 0) is 10.0 Å². The molecule has 1 rings (SSSR count). The summed E-state index contributed by atoms with van der Waals surface area (Å²) >= 11 is 0. The van der Waals surface area contributed by atoms with E-state index < -0.39 is 10.0 Å². The number of aromatic nitrogens is 2. The number of hydrogen-bond donors (Lipinski definition) is 2. The van der Waals surface area contributed by atoms with Gasteiger partial charge < -0.3 is 0 Å². The molecular weight excluding hydrogens is 214 g/mol. The van der Waals surface area contributed by atoms with Crippen molar-refractivity contribution in [2.45, 2.75) is 32.1 Å². The van der Waals surface area contributed by atoms with E-state index in [1.165, 1.54) is 12.4 Å². The summed E-state index contributed by atoms with van der Waals surface area (Å²) in [4.78, 5) is 0.177. The summed E-state index contributed by atoms with van der Waals surface area (Å²) < 4.78 is 25.7. The van der Waals surface area contributed by atoms with E-state index in [0.717, 1.165) is 6.42 Å². The number of aromatic amines is 1. The molecule has 1 aromatic rings. The molecule has 2 N–H and O–H groups in total. The predicted octanol–water partition coefficient (Wildman–Crippen LogP) is 1.12. The minimum absolute atomic E-state index is 0.124. The first-order valence-electron chi connectivity index (χ1n) is 4.80. The highest BCUT2D eigenvalue weighted by atomic mass is 32.2. The van der Waals surface area contributed by atoms with Gasteiger partial charge >= 0.3 is 0 Å². The summed E-state index contributed by atoms with van der Waals surface area (Å²) in [6.45, 7) is 6.65. The summed E-state index contributed by atoms with van der Waals surface area (Å²) in [5, 5.41) is 6.07. The molecule has 86 valence electrons. The van der Waals surface area contributed by atoms with Crippen molar-refractivity contribution < 1.29 is 8.42 Å². The number of nitrogens with zero attached hydrogens (tertiary/aromatic N) is 1. The fraction of sp³-hybridized carbons (Fsp3) is 0.667. The zero-order chi connectivity index (χ0) is 11.5. The number of H-pyrrole nitrogens is 1. The Bertz CT molecular complexity index is 389. The summed E-state index contributed by atoms with van der Waals surface area (Å²) in [6, 6.07) is 0. The van der Waals surface area contributed by atoms with E-state index in [1.54, 1.807) is 0 Å². The van der Waals surface area contributed by atoms with Gasteiger partial charge in [-0.2, -0.15) is 5.10 Å². The Balaban J connectivity index is 2.53. The first-order valence-corrected chi connectivity index (χ1v) is 6.28. The quantitative estimate of drug-likeness (QED) is 0.815. The lowest BCUT2D eigenvalue weighted by molar-refractivity contribution is 0.378. The standard InChI is InChI=1S/C9H17N3O2S/c1-9(2,3)4-5-12-15(13,14)8-6-10-11-7-8/h6-7,12H,4-5H2,1-3H3,(H,10,11). The van der Waals surface area contributed by atoms with Gasteiger partial charge in [-0.05, 0) is 11.8 Å². The Labute approximate surface area is 90.3 Å². The minimum atomic E-state index is -3.38. The Morgan fingerprint density at radius 3 is 2.60 bits per heavy atom. The SMILES string of the molecule is CC(C)(C)CCNS(=O)(=O)c1cn[nH]c1. The molecule has 0 atom stereocenters. The molecule has 0 fully saturated rings. The average Bonchev–Trinajstić information content (AvgIpc) is 2.52. The third-order valence-electron chi connectivity index (χ3n) is 1.95. The molecule has 5 nitrogen and oxygen atoms in total. The van der Waals surface area contributed by atoms with E-state index in [-0.39, 0.29) is 10.3 Å². The van der Waals surface area contributed by atoms with Crippen LogP contribution in [0.1, 0.15) is 27.2 Å². The molecule has 0 radical (unpaired) electrons. The van der Waals surface area contributed by atoms with Crippen LogP contribution in [0, 0.1) is 5.41 Å². The van der Waals surface area contributed by atoms with E-state index in [9.17, 15) is 8.42 Å². The lowest BCUT2D eigenvalue weighted by atomic mass is 9.93. The van der Waals surface area contributed by atoms with Gasteiger partial charge in [0.2, 0.25) is 10.0 Å². The van der Waals surface area contributed by atoms with E-state index >= 15 is 0 Å². The topological polar surface area (TPSA) is 74.8 Å². The second kappa shape index (κ2) is 4.32. The van der Waals surface area contributed by atoms with E-state index in [4.69, 9.17) is 0 Å². The van der Waals surface area contributed by atoms with Crippen LogP contribution in [0.3, 0.4) is 0 Å². The summed E-state index contributed by atoms with van der Waals surface area (Å²) in [6.07, 6.45) is 3.45. The molecule has 0 unspecified atom stereocenters. The van der Waals surface area contributed by atoms with Crippen LogP contribution >= 0.6 is 0 Å². The largest absolute Gasteiger partial charge is 0.284 e. The van der Waals surface area contributed by atoms with Gasteiger partial charge in [0.05, 0.1) is 6.20 Å². The number of hydrogen-bond acceptors (Lipinski definition) is 3. The van der Waals surface area contributed by atoms with Crippen molar-refractivity contribution in [2.75, 3.05) is 6.54 Å². The van der Waals surface area contributed by atoms with Gasteiger partial charge in [0.1, 0.15) is 4.90 Å². The summed E-state index contributed by atoms with van der Waals surface area (Å²) in [5.41, 5.74) is 0.124. The molecule has 0 aliphatic rings. The third-order valence-corrected chi connectivity index (χ3v) is 3.38. The molecule has 0 spiro atoms. The van der Waals surface area contributed by atoms with E-state index in [0.29, 0.717) is 6.54 Å². The second-order valence-corrected chi connectivity index (χ2v) is 6.41. The maximum atomic E-state index is 11.6. The van der Waals surface area contributed by atoms with Crippen molar-refractivity contribution in [3.63, 3.8) is 0 Å². The van der Waals surface area contributed by atoms with Crippen LogP contribution in [0.4, 0.5) is 0 Å². The Morgan fingerprint density at radius 1 is 1.47 bits per heavy atom. The van der Waals surface area contributed by atoms with Crippen molar-refractivity contribution in [3.8, 4) is 0 Å². The molecule has 15 heavy (non-hydrogen) atoms. The number of sulfonamides is 1. The molecular formula is C9H17N3O2S. The lowest BCUT2D eigenvalue weighted by Crippen LogP contribution is -2.27. The van der Waals surface area contributed by atoms with Crippen LogP contribution < -0.4 is 4.72 Å². The number of nitrogens with one attached hydrogen (secondary N) is 2. The van der Waals surface area contributed by atoms with Gasteiger partial charge in [0.25, 0.3) is 0 Å². The fourth-order valence-corrected chi connectivity index (χ4v) is 1.97. The maximum absolute atomic E-state index is 11.6. The van der Waals surface area contributed by atoms with E-state index in [1.807, 2.05) is 0 Å². The predicted molar refractivity (Wildman–Crippen MR) is 57.8 cm³/mol. The molecule has 0 aliphatic heterocycles. The van der Waals surface area contributed by atoms with Crippen molar-refractivity contribution in [2.24, 2.45) is 5.41 Å². The molecule has 0 amide bonds. The van der Waals surface area contributed by atoms with Crippen LogP contribution in [0.2, 0.25) is 0 Å². The van der Waals surface area contributed by atoms with Crippen molar-refractivity contribution in [1.82, 2.24) is 14.9 Å². The molecule has 0 aliphatic carbocycles. The monoisotopic (exact) mass is 231 g/mol. The van der Waals surface area contributed by atoms with E-state index in [2.05, 4.69) is 35.7 Å². The van der Waals surface area contributed by atoms with Crippen LogP contribution in [-0.4, -0.2) is 25.2 Å². The second-order valence-electron chi connectivity index (χ2n) is 4.64. The number of rotatable bonds is 4. The van der Waals surface area contributed by atoms with Crippen LogP contribution in [0.5, 0.6) is 0 Å². The fourth-order valence-electron chi connectivity index (χ4n) is 1.03. The van der Waals surface area contributed by atoms with Crippen LogP contribution in [0.25, 0.3) is 0 Å². The summed E-state index contributed by atoms with van der Waals surface area (Å²) in [5.74, 6) is 0. The Morgan fingerprint density at radius 2 is 2.13 bits per heavy atom. The Kier molecular flexibility index (Phi) is 3.51. The van der Waals surface area contributed by atoms with Gasteiger partial charge in [0, 0.05) is 12.7 Å². The molecule has 1 aromatic heterocycles. The first-order chi connectivity index (χ1) is 6.81. The third kappa shape index (κ3) is 4.01. The van der Waals surface area contributed by atoms with Gasteiger partial charge in [-0.15, -0.1) is 0 Å². The zero-order valence-electron chi connectivity index (χ0n) is 9.24. The van der Waals surface area contributed by atoms with Crippen molar-refractivity contribution >= 4 is 10.0 Å². The highest BCUT2D eigenvalue weighted by Gasteiger charge is 2.16. The molecule has 0 saturated carbocycles. The maximum Gasteiger partial charge on any atom is 0.243 e. The smallest absolute Gasteiger partial charge is 0.243 e. The van der Waals surface area contributed by atoms with Crippen molar-refractivity contribution in [1.29, 1.82) is 0 Å². The highest BCUT2D eigenvalue weighted by Crippen LogP contribution is 2.17. The van der Waals surface area contributed by atoms with Gasteiger partial charge in [0.15, 0.2) is 0 Å². The van der Waals surface area contributed by atoms with Crippen LogP contribution in [0.15, 0.2) is 17.3 Å². The van der Waals surface area contributed by atoms with Gasteiger partial charge in [-0.25, -0.2) is 13.1 Å². The average molecular weight is 231 g/mol. The van der Waals surface area contributed by atoms with Gasteiger partial charge in [-0.1, -0.05) is 20.8 Å². The lowest BCUT2D eigenvalue weighted by Gasteiger charge is -2.17. The summed E-state index contributed by atoms with van der Waals surface area (Å²) in [7, 11) is -3.38. The van der Waals surface area contributed by atoms with Gasteiger partial charge in [-0.3, -0.25) is 5.10 Å². The molecule has 0 saturated heterocycles. The molecule has 0 bridgehead atoms. The molecule has 0 aromatic carbocycles. The molecule has 1 heterocycles. The van der Waals surface area contributed by atoms with Crippen molar-refractivity contribution in [3.05, 3.63) is 12.4 Å². The first kappa shape index (κ1) is 12.2. The normalized spacial score (nSPS) is 13.0. The Hall–Kier alpha value is -0.880. The molecule has 6 heteroatoms. The highest BCUT2D eigenvalue weighted by molar-refractivity contribution is 7.89. The zero-order valence-corrected chi connectivity index (χ0v) is 10.1. The minimum Gasteiger partial charge on any atom is -0.284 e.